The number of nitrogens with two attached hydrogens (primary N) is 1. The molecule has 1 atom stereocenters. The van der Waals surface area contributed by atoms with Gasteiger partial charge in [0.1, 0.15) is 11.5 Å². The summed E-state index contributed by atoms with van der Waals surface area (Å²) in [6.07, 6.45) is 5.55. The molecule has 0 radical (unpaired) electrons. The summed E-state index contributed by atoms with van der Waals surface area (Å²) in [4.78, 5) is 35.6. The first kappa shape index (κ1) is 29.2. The second-order valence-electron chi connectivity index (χ2n) is 12.0. The van der Waals surface area contributed by atoms with Crippen LogP contribution in [0.4, 0.5) is 13.2 Å². The van der Waals surface area contributed by atoms with E-state index in [2.05, 4.69) is 15.2 Å². The molecule has 0 saturated carbocycles. The van der Waals surface area contributed by atoms with Gasteiger partial charge in [0.15, 0.2) is 0 Å². The number of carbonyl (C=O) groups excluding carboxylic acids is 1. The summed E-state index contributed by atoms with van der Waals surface area (Å²) in [7, 11) is 0. The van der Waals surface area contributed by atoms with Gasteiger partial charge in [0.2, 0.25) is 5.91 Å². The molecule has 1 unspecified atom stereocenters. The third kappa shape index (κ3) is 5.98. The summed E-state index contributed by atoms with van der Waals surface area (Å²) in [5.74, 6) is 0.366. The van der Waals surface area contributed by atoms with Crippen molar-refractivity contribution in [3.8, 4) is 5.82 Å². The summed E-state index contributed by atoms with van der Waals surface area (Å²) in [5, 5.41) is 3.11. The van der Waals surface area contributed by atoms with Crippen LogP contribution in [0.1, 0.15) is 44.2 Å². The van der Waals surface area contributed by atoms with Crippen LogP contribution < -0.4 is 16.7 Å². The van der Waals surface area contributed by atoms with E-state index in [1.807, 2.05) is 30.2 Å². The van der Waals surface area contributed by atoms with Crippen molar-refractivity contribution in [2.75, 3.05) is 32.7 Å². The maximum atomic E-state index is 13.7. The molecule has 0 aliphatic carbocycles. The Morgan fingerprint density at radius 1 is 1.07 bits per heavy atom. The van der Waals surface area contributed by atoms with Gasteiger partial charge in [-0.2, -0.15) is 13.2 Å². The number of nitrogens with one attached hydrogen (secondary N) is 1. The van der Waals surface area contributed by atoms with E-state index in [-0.39, 0.29) is 29.2 Å². The normalized spacial score (nSPS) is 22.5. The van der Waals surface area contributed by atoms with E-state index in [4.69, 9.17) is 5.73 Å². The lowest BCUT2D eigenvalue weighted by atomic mass is 9.93. The van der Waals surface area contributed by atoms with Crippen LogP contribution in [0, 0.1) is 5.92 Å². The lowest BCUT2D eigenvalue weighted by Gasteiger charge is -2.38. The van der Waals surface area contributed by atoms with Gasteiger partial charge in [0, 0.05) is 37.8 Å². The van der Waals surface area contributed by atoms with Crippen molar-refractivity contribution in [3.63, 3.8) is 0 Å². The molecule has 1 aromatic carbocycles. The average Bonchev–Trinajstić information content (AvgIpc) is 3.27. The maximum Gasteiger partial charge on any atom is 0.416 e. The maximum absolute atomic E-state index is 13.7. The smallest absolute Gasteiger partial charge is 0.370 e. The fourth-order valence-electron chi connectivity index (χ4n) is 6.56. The number of pyridine rings is 1. The van der Waals surface area contributed by atoms with E-state index in [1.165, 1.54) is 16.8 Å². The SMILES string of the molecule is CC1(N)C=C(CN2CCC(C(=O)N3CCC(n4c(=O)n(-c5ccccn5)c5cc(C(F)(F)F)ccc54)CC3)CC2)C=CN1. The van der Waals surface area contributed by atoms with Crippen LogP contribution in [0.25, 0.3) is 16.9 Å². The van der Waals surface area contributed by atoms with E-state index in [1.54, 1.807) is 22.8 Å². The molecule has 0 bridgehead atoms. The molecule has 2 saturated heterocycles. The predicted octanol–water partition coefficient (Wildman–Crippen LogP) is 3.80. The monoisotopic (exact) mass is 595 g/mol. The third-order valence-electron chi connectivity index (χ3n) is 8.74. The summed E-state index contributed by atoms with van der Waals surface area (Å²) < 4.78 is 43.6. The van der Waals surface area contributed by atoms with E-state index in [9.17, 15) is 22.8 Å². The molecule has 3 aromatic rings. The number of hydrogen-bond donors (Lipinski definition) is 2. The Hall–Kier alpha value is -3.90. The highest BCUT2D eigenvalue weighted by Gasteiger charge is 2.35. The van der Waals surface area contributed by atoms with Crippen molar-refractivity contribution < 1.29 is 18.0 Å². The standard InChI is InChI=1S/C31H36F3N7O2/c1-30(35)19-21(7-13-37-30)20-38-14-8-22(9-15-38)28(42)39-16-10-24(11-17-39)40-25-6-5-23(31(32,33)34)18-26(25)41(29(40)43)27-4-2-3-12-36-27/h2-7,12-13,18-19,22,24,37H,8-11,14-17,20,35H2,1H3. The highest BCUT2D eigenvalue weighted by molar-refractivity contribution is 5.80. The number of likely N-dealkylation sites (tertiary alicyclic amines) is 2. The van der Waals surface area contributed by atoms with Gasteiger partial charge in [-0.15, -0.1) is 0 Å². The first-order valence-corrected chi connectivity index (χ1v) is 14.7. The molecule has 9 nitrogen and oxygen atoms in total. The second kappa shape index (κ2) is 11.3. The number of amides is 1. The van der Waals surface area contributed by atoms with Gasteiger partial charge in [-0.3, -0.25) is 14.3 Å². The van der Waals surface area contributed by atoms with E-state index < -0.39 is 23.1 Å². The summed E-state index contributed by atoms with van der Waals surface area (Å²) in [5.41, 5.74) is 6.11. The number of alkyl halides is 3. The zero-order valence-corrected chi connectivity index (χ0v) is 24.1. The lowest BCUT2D eigenvalue weighted by Crippen LogP contribution is -2.49. The number of aromatic nitrogens is 3. The lowest BCUT2D eigenvalue weighted by molar-refractivity contribution is -0.138. The van der Waals surface area contributed by atoms with Crippen LogP contribution in [0.5, 0.6) is 0 Å². The highest BCUT2D eigenvalue weighted by atomic mass is 19.4. The van der Waals surface area contributed by atoms with E-state index in [0.717, 1.165) is 50.2 Å². The van der Waals surface area contributed by atoms with Crippen molar-refractivity contribution in [2.24, 2.45) is 11.7 Å². The van der Waals surface area contributed by atoms with Crippen molar-refractivity contribution in [3.05, 3.63) is 82.6 Å². The first-order chi connectivity index (χ1) is 20.5. The minimum Gasteiger partial charge on any atom is -0.370 e. The minimum absolute atomic E-state index is 0.0419. The van der Waals surface area contributed by atoms with Crippen LogP contribution in [0.3, 0.4) is 0 Å². The summed E-state index contributed by atoms with van der Waals surface area (Å²) in [6.45, 7) is 5.36. The van der Waals surface area contributed by atoms with Crippen molar-refractivity contribution in [1.82, 2.24) is 29.2 Å². The molecular weight excluding hydrogens is 559 g/mol. The molecule has 3 aliphatic rings. The van der Waals surface area contributed by atoms with Crippen molar-refractivity contribution >= 4 is 16.9 Å². The molecule has 5 heterocycles. The number of benzene rings is 1. The van der Waals surface area contributed by atoms with Gasteiger partial charge < -0.3 is 16.0 Å². The molecule has 2 aromatic heterocycles. The quantitative estimate of drug-likeness (QED) is 0.466. The van der Waals surface area contributed by atoms with Crippen LogP contribution in [-0.2, 0) is 11.0 Å². The Kier molecular flexibility index (Phi) is 7.67. The number of carbonyl (C=O) groups is 1. The molecule has 3 N–H and O–H groups in total. The predicted molar refractivity (Wildman–Crippen MR) is 157 cm³/mol. The minimum atomic E-state index is -4.54. The van der Waals surface area contributed by atoms with Gasteiger partial charge in [0.25, 0.3) is 0 Å². The Morgan fingerprint density at radius 3 is 2.47 bits per heavy atom. The molecule has 0 spiro atoms. The van der Waals surface area contributed by atoms with Gasteiger partial charge in [0.05, 0.1) is 16.6 Å². The second-order valence-corrected chi connectivity index (χ2v) is 12.0. The molecular formula is C31H36F3N7O2. The zero-order valence-electron chi connectivity index (χ0n) is 24.1. The number of rotatable bonds is 5. The van der Waals surface area contributed by atoms with Crippen molar-refractivity contribution in [2.45, 2.75) is 50.5 Å². The number of halogens is 3. The molecule has 3 aliphatic heterocycles. The fraction of sp³-hybridized carbons (Fsp3) is 0.452. The number of hydrogen-bond acceptors (Lipinski definition) is 6. The van der Waals surface area contributed by atoms with Crippen LogP contribution >= 0.6 is 0 Å². The van der Waals surface area contributed by atoms with Crippen molar-refractivity contribution in [1.29, 1.82) is 0 Å². The topological polar surface area (TPSA) is 101 Å². The number of piperidine rings is 2. The Bertz CT molecular complexity index is 1610. The number of fused-ring (bicyclic) bond motifs is 1. The molecule has 6 rings (SSSR count). The molecule has 1 amide bonds. The molecule has 43 heavy (non-hydrogen) atoms. The van der Waals surface area contributed by atoms with Gasteiger partial charge in [-0.25, -0.2) is 14.3 Å². The molecule has 12 heteroatoms. The third-order valence-corrected chi connectivity index (χ3v) is 8.74. The summed E-state index contributed by atoms with van der Waals surface area (Å²) >= 11 is 0. The zero-order chi connectivity index (χ0) is 30.4. The molecule has 2 fully saturated rings. The van der Waals surface area contributed by atoms with Gasteiger partial charge in [-0.1, -0.05) is 6.07 Å². The highest BCUT2D eigenvalue weighted by Crippen LogP contribution is 2.34. The molecule has 228 valence electrons. The number of nitrogens with zero attached hydrogens (tertiary/aromatic N) is 5. The van der Waals surface area contributed by atoms with E-state index >= 15 is 0 Å². The van der Waals surface area contributed by atoms with Crippen LogP contribution in [0.2, 0.25) is 0 Å². The van der Waals surface area contributed by atoms with Crippen LogP contribution in [0.15, 0.2) is 71.3 Å². The van der Waals surface area contributed by atoms with Gasteiger partial charge >= 0.3 is 11.9 Å². The largest absolute Gasteiger partial charge is 0.416 e. The fourth-order valence-corrected chi connectivity index (χ4v) is 6.56. The summed E-state index contributed by atoms with van der Waals surface area (Å²) in [6, 6.07) is 8.13. The van der Waals surface area contributed by atoms with Gasteiger partial charge in [-0.05, 0) is 100.0 Å². The first-order valence-electron chi connectivity index (χ1n) is 14.7. The Labute approximate surface area is 247 Å². The Morgan fingerprint density at radius 2 is 1.81 bits per heavy atom. The van der Waals surface area contributed by atoms with Crippen LogP contribution in [-0.4, -0.2) is 68.2 Å². The average molecular weight is 596 g/mol. The number of imidazole rings is 1. The van der Waals surface area contributed by atoms with E-state index in [0.29, 0.717) is 31.4 Å². The Balaban J connectivity index is 1.14. The number of dihydropyridines is 1.